The number of aryl methyl sites for hydroxylation is 1. The molecule has 0 amide bonds. The number of aromatic nitrogens is 2. The first-order valence-electron chi connectivity index (χ1n) is 8.37. The van der Waals surface area contributed by atoms with Crippen LogP contribution in [0, 0.1) is 5.82 Å². The molecular weight excluding hydrogens is 448 g/mol. The van der Waals surface area contributed by atoms with Gasteiger partial charge in [-0.3, -0.25) is 4.68 Å². The van der Waals surface area contributed by atoms with Gasteiger partial charge in [0, 0.05) is 45.0 Å². The van der Waals surface area contributed by atoms with Gasteiger partial charge in [0.1, 0.15) is 17.7 Å². The predicted octanol–water partition coefficient (Wildman–Crippen LogP) is 3.04. The summed E-state index contributed by atoms with van der Waals surface area (Å²) in [7, 11) is 3.88. The van der Waals surface area contributed by atoms with Crippen molar-refractivity contribution >= 4 is 29.9 Å². The van der Waals surface area contributed by atoms with E-state index in [1.807, 2.05) is 45.2 Å². The van der Waals surface area contributed by atoms with E-state index in [4.69, 9.17) is 4.74 Å². The van der Waals surface area contributed by atoms with Gasteiger partial charge < -0.3 is 15.0 Å². The van der Waals surface area contributed by atoms with E-state index in [9.17, 15) is 4.39 Å². The van der Waals surface area contributed by atoms with Gasteiger partial charge in [-0.25, -0.2) is 9.38 Å². The molecule has 1 heterocycles. The third-order valence-electron chi connectivity index (χ3n) is 3.51. The average Bonchev–Trinajstić information content (AvgIpc) is 2.96. The summed E-state index contributed by atoms with van der Waals surface area (Å²) in [5, 5.41) is 7.45. The minimum Gasteiger partial charge on any atom is -0.489 e. The molecule has 1 N–H and O–H groups in total. The number of nitrogens with one attached hydrogen (secondary N) is 1. The minimum absolute atomic E-state index is 0. The monoisotopic (exact) mass is 475 g/mol. The maximum atomic E-state index is 13.2. The largest absolute Gasteiger partial charge is 0.489 e. The number of rotatable bonds is 7. The zero-order valence-corrected chi connectivity index (χ0v) is 18.0. The van der Waals surface area contributed by atoms with E-state index >= 15 is 0 Å². The third kappa shape index (κ3) is 7.19. The van der Waals surface area contributed by atoms with Gasteiger partial charge in [-0.2, -0.15) is 5.10 Å². The van der Waals surface area contributed by atoms with Crippen LogP contribution in [0.4, 0.5) is 4.39 Å². The number of guanidine groups is 1. The van der Waals surface area contributed by atoms with Crippen molar-refractivity contribution in [2.75, 3.05) is 20.1 Å². The van der Waals surface area contributed by atoms with Crippen molar-refractivity contribution < 1.29 is 9.13 Å². The van der Waals surface area contributed by atoms with Gasteiger partial charge in [-0.1, -0.05) is 6.07 Å². The topological polar surface area (TPSA) is 54.7 Å². The lowest BCUT2D eigenvalue weighted by atomic mass is 10.3. The van der Waals surface area contributed by atoms with E-state index in [2.05, 4.69) is 15.4 Å². The maximum absolute atomic E-state index is 13.2. The molecule has 1 atom stereocenters. The molecule has 26 heavy (non-hydrogen) atoms. The van der Waals surface area contributed by atoms with Crippen molar-refractivity contribution in [3.63, 3.8) is 0 Å². The number of hydrogen-bond donors (Lipinski definition) is 1. The van der Waals surface area contributed by atoms with E-state index in [-0.39, 0.29) is 35.9 Å². The fourth-order valence-electron chi connectivity index (χ4n) is 2.40. The van der Waals surface area contributed by atoms with E-state index in [1.165, 1.54) is 12.1 Å². The van der Waals surface area contributed by atoms with Crippen molar-refractivity contribution in [3.05, 3.63) is 48.0 Å². The highest BCUT2D eigenvalue weighted by Crippen LogP contribution is 2.14. The average molecular weight is 475 g/mol. The quantitative estimate of drug-likeness (QED) is 0.380. The SMILES string of the molecule is CCNC(=NCC(C)Oc1cccc(F)c1)N(C)Cc1cnn(C)c1.I. The second kappa shape index (κ2) is 11.0. The van der Waals surface area contributed by atoms with Crippen LogP contribution in [-0.4, -0.2) is 46.9 Å². The molecule has 1 aromatic heterocycles. The molecule has 0 aliphatic carbocycles. The first-order valence-corrected chi connectivity index (χ1v) is 8.37. The first kappa shape index (κ1) is 22.2. The molecule has 0 spiro atoms. The standard InChI is InChI=1S/C18H26FN5O.HI/c1-5-20-18(23(3)12-15-11-22-24(4)13-15)21-10-14(2)25-17-8-6-7-16(19)9-17;/h6-9,11,13-14H,5,10,12H2,1-4H3,(H,20,21);1H. The summed E-state index contributed by atoms with van der Waals surface area (Å²) in [6.07, 6.45) is 3.66. The maximum Gasteiger partial charge on any atom is 0.194 e. The fourth-order valence-corrected chi connectivity index (χ4v) is 2.40. The van der Waals surface area contributed by atoms with Gasteiger partial charge in [0.2, 0.25) is 0 Å². The molecule has 8 heteroatoms. The summed E-state index contributed by atoms with van der Waals surface area (Å²) < 4.78 is 20.7. The zero-order chi connectivity index (χ0) is 18.2. The zero-order valence-electron chi connectivity index (χ0n) is 15.6. The van der Waals surface area contributed by atoms with Crippen molar-refractivity contribution in [3.8, 4) is 5.75 Å². The number of benzene rings is 1. The van der Waals surface area contributed by atoms with E-state index in [1.54, 1.807) is 16.8 Å². The Morgan fingerprint density at radius 2 is 2.23 bits per heavy atom. The Labute approximate surface area is 171 Å². The Morgan fingerprint density at radius 1 is 1.46 bits per heavy atom. The van der Waals surface area contributed by atoms with Crippen LogP contribution in [0.5, 0.6) is 5.75 Å². The van der Waals surface area contributed by atoms with Crippen LogP contribution in [0.3, 0.4) is 0 Å². The van der Waals surface area contributed by atoms with Crippen LogP contribution in [0.25, 0.3) is 0 Å². The van der Waals surface area contributed by atoms with Crippen molar-refractivity contribution in [2.45, 2.75) is 26.5 Å². The number of nitrogens with zero attached hydrogens (tertiary/aromatic N) is 4. The Bertz CT molecular complexity index is 706. The summed E-state index contributed by atoms with van der Waals surface area (Å²) in [5.41, 5.74) is 1.11. The van der Waals surface area contributed by atoms with Crippen molar-refractivity contribution in [2.24, 2.45) is 12.0 Å². The van der Waals surface area contributed by atoms with Gasteiger partial charge in [-0.15, -0.1) is 24.0 Å². The van der Waals surface area contributed by atoms with E-state index in [0.717, 1.165) is 18.1 Å². The molecule has 1 unspecified atom stereocenters. The molecule has 0 bridgehead atoms. The molecule has 0 aliphatic rings. The van der Waals surface area contributed by atoms with Crippen LogP contribution < -0.4 is 10.1 Å². The van der Waals surface area contributed by atoms with Gasteiger partial charge >= 0.3 is 0 Å². The highest BCUT2D eigenvalue weighted by Gasteiger charge is 2.10. The number of aliphatic imine (C=N–C) groups is 1. The molecule has 144 valence electrons. The summed E-state index contributed by atoms with van der Waals surface area (Å²) in [6, 6.07) is 6.14. The highest BCUT2D eigenvalue weighted by atomic mass is 127. The van der Waals surface area contributed by atoms with Gasteiger partial charge in [0.25, 0.3) is 0 Å². The summed E-state index contributed by atoms with van der Waals surface area (Å²) in [5.74, 6) is 0.996. The molecule has 6 nitrogen and oxygen atoms in total. The molecule has 2 rings (SSSR count). The van der Waals surface area contributed by atoms with Crippen molar-refractivity contribution in [1.82, 2.24) is 20.0 Å². The number of ether oxygens (including phenoxy) is 1. The Morgan fingerprint density at radius 3 is 2.85 bits per heavy atom. The second-order valence-electron chi connectivity index (χ2n) is 5.96. The smallest absolute Gasteiger partial charge is 0.194 e. The Balaban J connectivity index is 0.00000338. The molecular formula is C18H27FIN5O. The Kier molecular flexibility index (Phi) is 9.39. The summed E-state index contributed by atoms with van der Waals surface area (Å²) >= 11 is 0. The fraction of sp³-hybridized carbons (Fsp3) is 0.444. The first-order chi connectivity index (χ1) is 12.0. The number of hydrogen-bond acceptors (Lipinski definition) is 3. The molecule has 1 aromatic carbocycles. The van der Waals surface area contributed by atoms with Crippen LogP contribution in [-0.2, 0) is 13.6 Å². The predicted molar refractivity (Wildman–Crippen MR) is 113 cm³/mol. The summed E-state index contributed by atoms with van der Waals surface area (Å²) in [6.45, 7) is 5.89. The molecule has 0 saturated carbocycles. The van der Waals surface area contributed by atoms with Gasteiger partial charge in [-0.05, 0) is 26.0 Å². The van der Waals surface area contributed by atoms with E-state index < -0.39 is 0 Å². The number of halogens is 2. The van der Waals surface area contributed by atoms with Crippen molar-refractivity contribution in [1.29, 1.82) is 0 Å². The normalized spacial score (nSPS) is 12.3. The lowest BCUT2D eigenvalue weighted by Crippen LogP contribution is -2.39. The second-order valence-corrected chi connectivity index (χ2v) is 5.96. The molecule has 0 fully saturated rings. The van der Waals surface area contributed by atoms with Crippen LogP contribution in [0.1, 0.15) is 19.4 Å². The minimum atomic E-state index is -0.308. The molecule has 2 aromatic rings. The van der Waals surface area contributed by atoms with Gasteiger partial charge in [0.05, 0.1) is 12.7 Å². The van der Waals surface area contributed by atoms with Gasteiger partial charge in [0.15, 0.2) is 5.96 Å². The highest BCUT2D eigenvalue weighted by molar-refractivity contribution is 14.0. The van der Waals surface area contributed by atoms with Crippen LogP contribution >= 0.6 is 24.0 Å². The Hall–Kier alpha value is -1.84. The lowest BCUT2D eigenvalue weighted by molar-refractivity contribution is 0.228. The third-order valence-corrected chi connectivity index (χ3v) is 3.51. The molecule has 0 radical (unpaired) electrons. The van der Waals surface area contributed by atoms with Crippen LogP contribution in [0.2, 0.25) is 0 Å². The summed E-state index contributed by atoms with van der Waals surface area (Å²) in [4.78, 5) is 6.66. The van der Waals surface area contributed by atoms with E-state index in [0.29, 0.717) is 18.8 Å². The molecule has 0 aliphatic heterocycles. The molecule has 0 saturated heterocycles. The lowest BCUT2D eigenvalue weighted by Gasteiger charge is -2.22. The van der Waals surface area contributed by atoms with Crippen LogP contribution in [0.15, 0.2) is 41.7 Å².